The van der Waals surface area contributed by atoms with Crippen LogP contribution in [0, 0.1) is 12.7 Å². The van der Waals surface area contributed by atoms with Gasteiger partial charge in [0.25, 0.3) is 0 Å². The topological polar surface area (TPSA) is 49.4 Å². The first-order chi connectivity index (χ1) is 8.99. The molecule has 0 aliphatic carbocycles. The van der Waals surface area contributed by atoms with Crippen molar-refractivity contribution in [3.63, 3.8) is 0 Å². The third kappa shape index (κ3) is 2.92. The molecule has 1 fully saturated rings. The van der Waals surface area contributed by atoms with Crippen molar-refractivity contribution in [2.24, 2.45) is 0 Å². The van der Waals surface area contributed by atoms with E-state index in [9.17, 15) is 14.0 Å². The molecule has 2 rings (SSSR count). The standard InChI is InChI=1S/C14H17FN2O2/c1-9-6-13(11(10(2)18)7-12(9)15)17-5-3-4-16-14(19)8-17/h6-7H,3-5,8H2,1-2H3,(H,16,19). The lowest BCUT2D eigenvalue weighted by Gasteiger charge is -2.24. The number of halogens is 1. The number of hydrogen-bond donors (Lipinski definition) is 1. The molecule has 1 amide bonds. The van der Waals surface area contributed by atoms with E-state index in [-0.39, 0.29) is 18.2 Å². The summed E-state index contributed by atoms with van der Waals surface area (Å²) in [5.74, 6) is -0.666. The zero-order valence-electron chi connectivity index (χ0n) is 11.1. The fourth-order valence-electron chi connectivity index (χ4n) is 2.22. The Balaban J connectivity index is 2.44. The molecule has 0 aromatic heterocycles. The van der Waals surface area contributed by atoms with E-state index in [1.807, 2.05) is 4.90 Å². The third-order valence-electron chi connectivity index (χ3n) is 3.26. The molecule has 1 N–H and O–H groups in total. The molecule has 0 atom stereocenters. The summed E-state index contributed by atoms with van der Waals surface area (Å²) >= 11 is 0. The molecule has 4 nitrogen and oxygen atoms in total. The molecular weight excluding hydrogens is 247 g/mol. The first-order valence-electron chi connectivity index (χ1n) is 6.32. The maximum atomic E-state index is 13.6. The van der Waals surface area contributed by atoms with Gasteiger partial charge in [0.1, 0.15) is 5.82 Å². The number of aryl methyl sites for hydroxylation is 1. The first kappa shape index (κ1) is 13.5. The summed E-state index contributed by atoms with van der Waals surface area (Å²) in [4.78, 5) is 25.1. The number of amides is 1. The highest BCUT2D eigenvalue weighted by Crippen LogP contribution is 2.25. The molecule has 0 bridgehead atoms. The van der Waals surface area contributed by atoms with E-state index in [1.165, 1.54) is 13.0 Å². The van der Waals surface area contributed by atoms with Gasteiger partial charge in [-0.05, 0) is 38.0 Å². The minimum atomic E-state index is -0.395. The lowest BCUT2D eigenvalue weighted by Crippen LogP contribution is -2.33. The van der Waals surface area contributed by atoms with Gasteiger partial charge in [0, 0.05) is 24.3 Å². The molecule has 1 aliphatic heterocycles. The molecule has 0 unspecified atom stereocenters. The van der Waals surface area contributed by atoms with Crippen LogP contribution >= 0.6 is 0 Å². The van der Waals surface area contributed by atoms with Crippen LogP contribution in [0.4, 0.5) is 10.1 Å². The molecule has 1 aliphatic rings. The number of ketones is 1. The Kier molecular flexibility index (Phi) is 3.83. The van der Waals surface area contributed by atoms with Crippen LogP contribution in [0.5, 0.6) is 0 Å². The predicted molar refractivity (Wildman–Crippen MR) is 71.0 cm³/mol. The fourth-order valence-corrected chi connectivity index (χ4v) is 2.22. The molecule has 5 heteroatoms. The Hall–Kier alpha value is -1.91. The zero-order valence-corrected chi connectivity index (χ0v) is 11.1. The van der Waals surface area contributed by atoms with Crippen LogP contribution in [0.1, 0.15) is 29.3 Å². The van der Waals surface area contributed by atoms with Gasteiger partial charge in [-0.2, -0.15) is 0 Å². The van der Waals surface area contributed by atoms with Crippen molar-refractivity contribution in [1.29, 1.82) is 0 Å². The SMILES string of the molecule is CC(=O)c1cc(F)c(C)cc1N1CCCNC(=O)C1. The van der Waals surface area contributed by atoms with Gasteiger partial charge in [0.2, 0.25) is 5.91 Å². The Morgan fingerprint density at radius 1 is 1.42 bits per heavy atom. The van der Waals surface area contributed by atoms with Crippen molar-refractivity contribution >= 4 is 17.4 Å². The Bertz CT molecular complexity index is 528. The molecule has 0 spiro atoms. The van der Waals surface area contributed by atoms with Crippen molar-refractivity contribution in [1.82, 2.24) is 5.32 Å². The summed E-state index contributed by atoms with van der Waals surface area (Å²) in [7, 11) is 0. The predicted octanol–water partition coefficient (Wildman–Crippen LogP) is 1.66. The maximum absolute atomic E-state index is 13.6. The second-order valence-corrected chi connectivity index (χ2v) is 4.80. The van der Waals surface area contributed by atoms with Gasteiger partial charge in [0.05, 0.1) is 6.54 Å². The summed E-state index contributed by atoms with van der Waals surface area (Å²) in [5.41, 5.74) is 1.45. The lowest BCUT2D eigenvalue weighted by molar-refractivity contribution is -0.119. The van der Waals surface area contributed by atoms with Gasteiger partial charge in [-0.15, -0.1) is 0 Å². The van der Waals surface area contributed by atoms with Crippen molar-refractivity contribution in [2.45, 2.75) is 20.3 Å². The number of nitrogens with zero attached hydrogens (tertiary/aromatic N) is 1. The number of carbonyl (C=O) groups excluding carboxylic acids is 2. The smallest absolute Gasteiger partial charge is 0.239 e. The lowest BCUT2D eigenvalue weighted by atomic mass is 10.0. The molecular formula is C14H17FN2O2. The van der Waals surface area contributed by atoms with Crippen molar-refractivity contribution in [3.8, 4) is 0 Å². The fraction of sp³-hybridized carbons (Fsp3) is 0.429. The molecule has 1 heterocycles. The first-order valence-corrected chi connectivity index (χ1v) is 6.32. The summed E-state index contributed by atoms with van der Waals surface area (Å²) in [6.45, 7) is 4.56. The van der Waals surface area contributed by atoms with Crippen LogP contribution in [0.25, 0.3) is 0 Å². The van der Waals surface area contributed by atoms with Gasteiger partial charge in [-0.25, -0.2) is 4.39 Å². The molecule has 102 valence electrons. The van der Waals surface area contributed by atoms with E-state index in [1.54, 1.807) is 13.0 Å². The van der Waals surface area contributed by atoms with E-state index in [2.05, 4.69) is 5.32 Å². The zero-order chi connectivity index (χ0) is 14.0. The molecule has 1 aromatic rings. The average Bonchev–Trinajstić information content (AvgIpc) is 2.56. The highest BCUT2D eigenvalue weighted by molar-refractivity contribution is 6.00. The van der Waals surface area contributed by atoms with Crippen molar-refractivity contribution in [2.75, 3.05) is 24.5 Å². The number of Topliss-reactive ketones (excluding diaryl/α,β-unsaturated/α-hetero) is 1. The van der Waals surface area contributed by atoms with E-state index in [0.29, 0.717) is 29.9 Å². The summed E-state index contributed by atoms with van der Waals surface area (Å²) in [6.07, 6.45) is 0.805. The summed E-state index contributed by atoms with van der Waals surface area (Å²) in [6, 6.07) is 2.90. The highest BCUT2D eigenvalue weighted by atomic mass is 19.1. The van der Waals surface area contributed by atoms with Gasteiger partial charge < -0.3 is 10.2 Å². The number of hydrogen-bond acceptors (Lipinski definition) is 3. The van der Waals surface area contributed by atoms with E-state index in [4.69, 9.17) is 0 Å². The van der Waals surface area contributed by atoms with Crippen LogP contribution < -0.4 is 10.2 Å². The molecule has 1 aromatic carbocycles. The van der Waals surface area contributed by atoms with Crippen LogP contribution in [0.3, 0.4) is 0 Å². The van der Waals surface area contributed by atoms with E-state index in [0.717, 1.165) is 6.42 Å². The number of nitrogens with one attached hydrogen (secondary N) is 1. The van der Waals surface area contributed by atoms with Crippen LogP contribution in [-0.4, -0.2) is 31.3 Å². The largest absolute Gasteiger partial charge is 0.362 e. The molecule has 0 saturated carbocycles. The van der Waals surface area contributed by atoms with Gasteiger partial charge in [0.15, 0.2) is 5.78 Å². The summed E-state index contributed by atoms with van der Waals surface area (Å²) in [5, 5.41) is 2.78. The second kappa shape index (κ2) is 5.38. The Morgan fingerprint density at radius 3 is 2.84 bits per heavy atom. The maximum Gasteiger partial charge on any atom is 0.239 e. The van der Waals surface area contributed by atoms with Gasteiger partial charge in [-0.3, -0.25) is 9.59 Å². The second-order valence-electron chi connectivity index (χ2n) is 4.80. The average molecular weight is 264 g/mol. The molecule has 1 saturated heterocycles. The van der Waals surface area contributed by atoms with E-state index < -0.39 is 5.82 Å². The number of rotatable bonds is 2. The van der Waals surface area contributed by atoms with Gasteiger partial charge >= 0.3 is 0 Å². The van der Waals surface area contributed by atoms with Gasteiger partial charge in [-0.1, -0.05) is 0 Å². The number of carbonyl (C=O) groups is 2. The molecule has 19 heavy (non-hydrogen) atoms. The number of benzene rings is 1. The summed E-state index contributed by atoms with van der Waals surface area (Å²) < 4.78 is 13.6. The Morgan fingerprint density at radius 2 is 2.16 bits per heavy atom. The molecule has 0 radical (unpaired) electrons. The highest BCUT2D eigenvalue weighted by Gasteiger charge is 2.20. The quantitative estimate of drug-likeness (QED) is 0.827. The van der Waals surface area contributed by atoms with Crippen LogP contribution in [0.15, 0.2) is 12.1 Å². The van der Waals surface area contributed by atoms with Crippen molar-refractivity contribution < 1.29 is 14.0 Å². The minimum Gasteiger partial charge on any atom is -0.362 e. The van der Waals surface area contributed by atoms with Crippen LogP contribution in [0.2, 0.25) is 0 Å². The monoisotopic (exact) mass is 264 g/mol. The van der Waals surface area contributed by atoms with E-state index >= 15 is 0 Å². The number of anilines is 1. The minimum absolute atomic E-state index is 0.0750. The van der Waals surface area contributed by atoms with Crippen molar-refractivity contribution in [3.05, 3.63) is 29.1 Å². The van der Waals surface area contributed by atoms with Crippen LogP contribution in [-0.2, 0) is 4.79 Å². The normalized spacial score (nSPS) is 15.9. The third-order valence-corrected chi connectivity index (χ3v) is 3.26. The Labute approximate surface area is 111 Å².